The molecule has 0 aliphatic rings. The van der Waals surface area contributed by atoms with Crippen LogP contribution in [0.4, 0.5) is 0 Å². The largest absolute Gasteiger partial charge is 0.140 e. The first-order valence-electron chi connectivity index (χ1n) is 5.74. The lowest BCUT2D eigenvalue weighted by molar-refractivity contribution is 1.24. The Morgan fingerprint density at radius 3 is 2.63 bits per heavy atom. The highest BCUT2D eigenvalue weighted by Crippen LogP contribution is 2.33. The minimum Gasteiger partial charge on any atom is -0.140 e. The number of benzene rings is 2. The lowest BCUT2D eigenvalue weighted by Gasteiger charge is -2.02. The summed E-state index contributed by atoms with van der Waals surface area (Å²) in [6, 6.07) is 14.1. The van der Waals surface area contributed by atoms with Gasteiger partial charge < -0.3 is 0 Å². The summed E-state index contributed by atoms with van der Waals surface area (Å²) >= 11 is 17.7. The molecule has 0 amide bonds. The molecule has 0 aliphatic heterocycles. The summed E-state index contributed by atoms with van der Waals surface area (Å²) in [5.41, 5.74) is 1.12. The second-order valence-corrected chi connectivity index (χ2v) is 7.18. The SMILES string of the molecule is Clc1ccc(Br)cc1Cc1cc2c(Cl)cccc2s1. The van der Waals surface area contributed by atoms with Crippen LogP contribution in [0.2, 0.25) is 10.0 Å². The lowest BCUT2D eigenvalue weighted by atomic mass is 10.1. The van der Waals surface area contributed by atoms with Crippen LogP contribution in [0, 0.1) is 0 Å². The first-order valence-corrected chi connectivity index (χ1v) is 8.11. The molecule has 0 aliphatic carbocycles. The molecule has 1 heterocycles. The van der Waals surface area contributed by atoms with E-state index in [1.807, 2.05) is 24.3 Å². The van der Waals surface area contributed by atoms with Gasteiger partial charge in [-0.15, -0.1) is 11.3 Å². The molecule has 0 unspecified atom stereocenters. The average molecular weight is 372 g/mol. The normalized spacial score (nSPS) is 11.1. The Hall–Kier alpha value is -0.540. The summed E-state index contributed by atoms with van der Waals surface area (Å²) < 4.78 is 2.26. The average Bonchev–Trinajstić information content (AvgIpc) is 2.78. The van der Waals surface area contributed by atoms with E-state index in [1.165, 1.54) is 9.58 Å². The molecule has 19 heavy (non-hydrogen) atoms. The molecule has 0 radical (unpaired) electrons. The van der Waals surface area contributed by atoms with Crippen LogP contribution in [0.25, 0.3) is 10.1 Å². The van der Waals surface area contributed by atoms with Crippen LogP contribution in [0.1, 0.15) is 10.4 Å². The van der Waals surface area contributed by atoms with E-state index in [9.17, 15) is 0 Å². The van der Waals surface area contributed by atoms with Crippen LogP contribution in [0.15, 0.2) is 46.9 Å². The summed E-state index contributed by atoms with van der Waals surface area (Å²) in [6.07, 6.45) is 0.827. The Morgan fingerprint density at radius 2 is 1.84 bits per heavy atom. The zero-order valence-electron chi connectivity index (χ0n) is 9.79. The molecule has 3 rings (SSSR count). The Kier molecular flexibility index (Phi) is 3.86. The van der Waals surface area contributed by atoms with Crippen molar-refractivity contribution < 1.29 is 0 Å². The van der Waals surface area contributed by atoms with Crippen molar-refractivity contribution in [1.82, 2.24) is 0 Å². The summed E-state index contributed by atoms with van der Waals surface area (Å²) in [7, 11) is 0. The predicted octanol–water partition coefficient (Wildman–Crippen LogP) is 6.56. The van der Waals surface area contributed by atoms with E-state index in [-0.39, 0.29) is 0 Å². The summed E-state index contributed by atoms with van der Waals surface area (Å²) in [6.45, 7) is 0. The zero-order valence-corrected chi connectivity index (χ0v) is 13.7. The molecule has 96 valence electrons. The van der Waals surface area contributed by atoms with Crippen LogP contribution in [0.5, 0.6) is 0 Å². The van der Waals surface area contributed by atoms with Crippen LogP contribution in [-0.4, -0.2) is 0 Å². The number of hydrogen-bond donors (Lipinski definition) is 0. The highest BCUT2D eigenvalue weighted by molar-refractivity contribution is 9.10. The van der Waals surface area contributed by atoms with Gasteiger partial charge in [0, 0.05) is 35.9 Å². The molecule has 0 saturated carbocycles. The molecule has 0 fully saturated rings. The van der Waals surface area contributed by atoms with E-state index < -0.39 is 0 Å². The van der Waals surface area contributed by atoms with Crippen LogP contribution >= 0.6 is 50.5 Å². The van der Waals surface area contributed by atoms with E-state index in [1.54, 1.807) is 11.3 Å². The number of fused-ring (bicyclic) bond motifs is 1. The molecule has 0 spiro atoms. The van der Waals surface area contributed by atoms with Crippen molar-refractivity contribution in [3.8, 4) is 0 Å². The van der Waals surface area contributed by atoms with E-state index >= 15 is 0 Å². The molecular formula is C15H9BrCl2S. The van der Waals surface area contributed by atoms with Gasteiger partial charge in [-0.1, -0.05) is 45.2 Å². The van der Waals surface area contributed by atoms with Gasteiger partial charge in [0.2, 0.25) is 0 Å². The molecule has 0 atom stereocenters. The van der Waals surface area contributed by atoms with Crippen LogP contribution in [-0.2, 0) is 6.42 Å². The molecule has 0 bridgehead atoms. The first kappa shape index (κ1) is 13.4. The van der Waals surface area contributed by atoms with Gasteiger partial charge in [-0.3, -0.25) is 0 Å². The van der Waals surface area contributed by atoms with Gasteiger partial charge in [-0.05, 0) is 42.0 Å². The molecule has 3 aromatic rings. The molecule has 0 N–H and O–H groups in total. The smallest absolute Gasteiger partial charge is 0.0492 e. The van der Waals surface area contributed by atoms with Crippen LogP contribution < -0.4 is 0 Å². The highest BCUT2D eigenvalue weighted by Gasteiger charge is 2.08. The third-order valence-corrected chi connectivity index (χ3v) is 5.22. The van der Waals surface area contributed by atoms with Crippen molar-refractivity contribution >= 4 is 60.6 Å². The minimum atomic E-state index is 0.798. The molecule has 4 heteroatoms. The predicted molar refractivity (Wildman–Crippen MR) is 88.8 cm³/mol. The summed E-state index contributed by atoms with van der Waals surface area (Å²) in [4.78, 5) is 1.27. The maximum Gasteiger partial charge on any atom is 0.0492 e. The van der Waals surface area contributed by atoms with Crippen molar-refractivity contribution in [2.45, 2.75) is 6.42 Å². The maximum absolute atomic E-state index is 6.23. The van der Waals surface area contributed by atoms with E-state index in [0.29, 0.717) is 0 Å². The van der Waals surface area contributed by atoms with Gasteiger partial charge in [0.1, 0.15) is 0 Å². The van der Waals surface area contributed by atoms with Gasteiger partial charge in [-0.2, -0.15) is 0 Å². The third-order valence-electron chi connectivity index (χ3n) is 2.93. The highest BCUT2D eigenvalue weighted by atomic mass is 79.9. The Bertz CT molecular complexity index is 749. The lowest BCUT2D eigenvalue weighted by Crippen LogP contribution is -1.86. The Balaban J connectivity index is 2.01. The second-order valence-electron chi connectivity index (χ2n) is 4.28. The van der Waals surface area contributed by atoms with Crippen LogP contribution in [0.3, 0.4) is 0 Å². The molecule has 2 aromatic carbocycles. The van der Waals surface area contributed by atoms with E-state index in [0.717, 1.165) is 31.9 Å². The van der Waals surface area contributed by atoms with Gasteiger partial charge in [0.15, 0.2) is 0 Å². The zero-order chi connectivity index (χ0) is 13.4. The van der Waals surface area contributed by atoms with Crippen molar-refractivity contribution in [2.75, 3.05) is 0 Å². The fraction of sp³-hybridized carbons (Fsp3) is 0.0667. The standard InChI is InChI=1S/C15H9BrCl2S/c16-10-4-5-13(17)9(6-10)7-11-8-12-14(18)2-1-3-15(12)19-11/h1-6,8H,7H2. The number of rotatable bonds is 2. The molecule has 0 saturated heterocycles. The monoisotopic (exact) mass is 370 g/mol. The fourth-order valence-corrected chi connectivity index (χ4v) is 4.02. The van der Waals surface area contributed by atoms with E-state index in [4.69, 9.17) is 23.2 Å². The Labute approximate surface area is 134 Å². The topological polar surface area (TPSA) is 0 Å². The molecule has 0 nitrogen and oxygen atoms in total. The molecular weight excluding hydrogens is 363 g/mol. The van der Waals surface area contributed by atoms with Gasteiger partial charge in [0.05, 0.1) is 0 Å². The van der Waals surface area contributed by atoms with Gasteiger partial charge >= 0.3 is 0 Å². The number of halogens is 3. The van der Waals surface area contributed by atoms with Crippen molar-refractivity contribution in [1.29, 1.82) is 0 Å². The van der Waals surface area contributed by atoms with E-state index in [2.05, 4.69) is 34.1 Å². The summed E-state index contributed by atoms with van der Waals surface area (Å²) in [5.74, 6) is 0. The van der Waals surface area contributed by atoms with Gasteiger partial charge in [-0.25, -0.2) is 0 Å². The molecule has 1 aromatic heterocycles. The van der Waals surface area contributed by atoms with Crippen molar-refractivity contribution in [3.63, 3.8) is 0 Å². The van der Waals surface area contributed by atoms with Crippen molar-refractivity contribution in [2.24, 2.45) is 0 Å². The number of hydrogen-bond acceptors (Lipinski definition) is 1. The Morgan fingerprint density at radius 1 is 1.00 bits per heavy atom. The first-order chi connectivity index (χ1) is 9.13. The second kappa shape index (κ2) is 5.45. The summed E-state index contributed by atoms with van der Waals surface area (Å²) in [5, 5.41) is 2.72. The van der Waals surface area contributed by atoms with Crippen molar-refractivity contribution in [3.05, 3.63) is 67.4 Å². The van der Waals surface area contributed by atoms with Gasteiger partial charge in [0.25, 0.3) is 0 Å². The third kappa shape index (κ3) is 2.82. The minimum absolute atomic E-state index is 0.798. The quantitative estimate of drug-likeness (QED) is 0.478. The maximum atomic E-state index is 6.23. The number of thiophene rings is 1. The fourth-order valence-electron chi connectivity index (χ4n) is 2.03.